The number of carbonyl (C=O) groups excluding carboxylic acids is 1. The summed E-state index contributed by atoms with van der Waals surface area (Å²) in [5.41, 5.74) is 2.59. The Bertz CT molecular complexity index is 942. The van der Waals surface area contributed by atoms with E-state index in [-0.39, 0.29) is 17.2 Å². The van der Waals surface area contributed by atoms with Gasteiger partial charge in [0.1, 0.15) is 0 Å². The zero-order chi connectivity index (χ0) is 18.1. The number of hydrogen-bond donors (Lipinski definition) is 2. The topological polar surface area (TPSA) is 76.2 Å². The molecule has 134 valence electrons. The molecule has 1 fully saturated rings. The molecular formula is C19H19N3O3S. The molecule has 2 aromatic heterocycles. The van der Waals surface area contributed by atoms with E-state index in [0.29, 0.717) is 17.1 Å². The molecule has 6 nitrogen and oxygen atoms in total. The van der Waals surface area contributed by atoms with Gasteiger partial charge in [-0.2, -0.15) is 0 Å². The van der Waals surface area contributed by atoms with Gasteiger partial charge < -0.3 is 14.5 Å². The maximum atomic E-state index is 13.1. The van der Waals surface area contributed by atoms with Crippen LogP contribution in [0.15, 0.2) is 42.9 Å². The van der Waals surface area contributed by atoms with Gasteiger partial charge in [0.2, 0.25) is 0 Å². The molecule has 4 rings (SSSR count). The monoisotopic (exact) mass is 369 g/mol. The number of thioether (sulfide) groups is 1. The summed E-state index contributed by atoms with van der Waals surface area (Å²) in [5.74, 6) is 2.03. The van der Waals surface area contributed by atoms with Gasteiger partial charge in [0.15, 0.2) is 17.3 Å². The molecule has 3 aromatic rings. The van der Waals surface area contributed by atoms with Crippen molar-refractivity contribution in [2.75, 3.05) is 20.0 Å². The van der Waals surface area contributed by atoms with E-state index in [2.05, 4.69) is 15.3 Å². The third-order valence-corrected chi connectivity index (χ3v) is 5.80. The molecule has 7 heteroatoms. The van der Waals surface area contributed by atoms with Crippen LogP contribution in [0.25, 0.3) is 10.9 Å². The Hall–Kier alpha value is -2.51. The van der Waals surface area contributed by atoms with Crippen molar-refractivity contribution in [1.29, 1.82) is 0 Å². The number of ether oxygens (including phenoxy) is 2. The molecule has 1 aromatic carbocycles. The van der Waals surface area contributed by atoms with Gasteiger partial charge in [0.25, 0.3) is 0 Å². The lowest BCUT2D eigenvalue weighted by molar-refractivity contribution is 0.0957. The first-order valence-corrected chi connectivity index (χ1v) is 9.31. The van der Waals surface area contributed by atoms with E-state index in [4.69, 9.17) is 9.47 Å². The second-order valence-electron chi connectivity index (χ2n) is 6.04. The molecule has 0 saturated carbocycles. The van der Waals surface area contributed by atoms with Crippen molar-refractivity contribution >= 4 is 28.4 Å². The number of benzene rings is 1. The molecule has 0 spiro atoms. The number of carbonyl (C=O) groups is 1. The van der Waals surface area contributed by atoms with Crippen LogP contribution in [0.1, 0.15) is 21.3 Å². The van der Waals surface area contributed by atoms with E-state index >= 15 is 0 Å². The van der Waals surface area contributed by atoms with Crippen molar-refractivity contribution in [3.8, 4) is 11.5 Å². The summed E-state index contributed by atoms with van der Waals surface area (Å²) in [6.07, 6.45) is 5.34. The quantitative estimate of drug-likeness (QED) is 0.673. The minimum Gasteiger partial charge on any atom is -0.493 e. The molecule has 2 N–H and O–H groups in total. The van der Waals surface area contributed by atoms with E-state index in [1.807, 2.05) is 30.5 Å². The van der Waals surface area contributed by atoms with Gasteiger partial charge in [-0.3, -0.25) is 15.1 Å². The largest absolute Gasteiger partial charge is 0.493 e. The van der Waals surface area contributed by atoms with Crippen LogP contribution in [0.5, 0.6) is 11.5 Å². The minimum absolute atomic E-state index is 0.0716. The highest BCUT2D eigenvalue weighted by atomic mass is 32.2. The van der Waals surface area contributed by atoms with Crippen LogP contribution < -0.4 is 14.8 Å². The Labute approximate surface area is 155 Å². The molecule has 26 heavy (non-hydrogen) atoms. The van der Waals surface area contributed by atoms with Gasteiger partial charge in [-0.05, 0) is 17.7 Å². The zero-order valence-corrected chi connectivity index (χ0v) is 15.3. The molecule has 2 atom stereocenters. The van der Waals surface area contributed by atoms with Crippen molar-refractivity contribution in [2.24, 2.45) is 0 Å². The van der Waals surface area contributed by atoms with Gasteiger partial charge in [0.05, 0.1) is 31.2 Å². The standard InChI is InChI=1S/C19H19N3O3S/c1-24-16-6-12-13(9-21-14(12)7-17(16)25-2)18(23)15-10-26-19(22-15)11-4-3-5-20-8-11/h3-9,15,19,21-22H,10H2,1-2H3/t15-,19+/m0/s1. The summed E-state index contributed by atoms with van der Waals surface area (Å²) < 4.78 is 10.7. The number of Topliss-reactive ketones (excluding diaryl/α,β-unsaturated/α-hetero) is 1. The number of aromatic nitrogens is 2. The number of pyridine rings is 1. The van der Waals surface area contributed by atoms with Gasteiger partial charge in [-0.15, -0.1) is 11.8 Å². The van der Waals surface area contributed by atoms with Gasteiger partial charge in [-0.25, -0.2) is 0 Å². The highest BCUT2D eigenvalue weighted by molar-refractivity contribution is 7.99. The SMILES string of the molecule is COc1cc2[nH]cc(C(=O)[C@@H]3CS[C@H](c4cccnc4)N3)c2cc1OC. The Morgan fingerprint density at radius 3 is 2.81 bits per heavy atom. The van der Waals surface area contributed by atoms with Crippen LogP contribution in [-0.2, 0) is 0 Å². The van der Waals surface area contributed by atoms with Crippen LogP contribution in [0, 0.1) is 0 Å². The molecular weight excluding hydrogens is 350 g/mol. The molecule has 0 bridgehead atoms. The average Bonchev–Trinajstić information content (AvgIpc) is 3.34. The van der Waals surface area contributed by atoms with Gasteiger partial charge >= 0.3 is 0 Å². The summed E-state index contributed by atoms with van der Waals surface area (Å²) >= 11 is 1.72. The highest BCUT2D eigenvalue weighted by Crippen LogP contribution is 2.36. The fraction of sp³-hybridized carbons (Fsp3) is 0.263. The van der Waals surface area contributed by atoms with Crippen LogP contribution in [-0.4, -0.2) is 41.8 Å². The minimum atomic E-state index is -0.239. The van der Waals surface area contributed by atoms with Crippen LogP contribution >= 0.6 is 11.8 Å². The van der Waals surface area contributed by atoms with E-state index in [0.717, 1.165) is 22.2 Å². The van der Waals surface area contributed by atoms with E-state index in [1.165, 1.54) is 0 Å². The third-order valence-electron chi connectivity index (χ3n) is 4.54. The maximum absolute atomic E-state index is 13.1. The number of fused-ring (bicyclic) bond motifs is 1. The van der Waals surface area contributed by atoms with E-state index in [1.54, 1.807) is 38.4 Å². The number of rotatable bonds is 5. The summed E-state index contributed by atoms with van der Waals surface area (Å²) in [7, 11) is 3.18. The van der Waals surface area contributed by atoms with Crippen LogP contribution in [0.3, 0.4) is 0 Å². The lowest BCUT2D eigenvalue weighted by atomic mass is 10.0. The maximum Gasteiger partial charge on any atom is 0.182 e. The smallest absolute Gasteiger partial charge is 0.182 e. The average molecular weight is 369 g/mol. The Balaban J connectivity index is 1.61. The van der Waals surface area contributed by atoms with Crippen molar-refractivity contribution in [2.45, 2.75) is 11.4 Å². The zero-order valence-electron chi connectivity index (χ0n) is 14.5. The number of nitrogens with one attached hydrogen (secondary N) is 2. The Morgan fingerprint density at radius 2 is 2.08 bits per heavy atom. The molecule has 3 heterocycles. The molecule has 0 amide bonds. The predicted molar refractivity (Wildman–Crippen MR) is 102 cm³/mol. The summed E-state index contributed by atoms with van der Waals surface area (Å²) in [4.78, 5) is 20.4. The van der Waals surface area contributed by atoms with E-state index in [9.17, 15) is 4.79 Å². The molecule has 1 aliphatic heterocycles. The molecule has 0 aliphatic carbocycles. The third kappa shape index (κ3) is 2.93. The summed E-state index contributed by atoms with van der Waals surface area (Å²) in [6.45, 7) is 0. The van der Waals surface area contributed by atoms with Crippen LogP contribution in [0.4, 0.5) is 0 Å². The van der Waals surface area contributed by atoms with E-state index < -0.39 is 0 Å². The lowest BCUT2D eigenvalue weighted by Crippen LogP contribution is -2.34. The van der Waals surface area contributed by atoms with Gasteiger partial charge in [0, 0.05) is 41.4 Å². The molecule has 0 unspecified atom stereocenters. The van der Waals surface area contributed by atoms with Crippen molar-refractivity contribution in [3.05, 3.63) is 54.0 Å². The number of aromatic amines is 1. The van der Waals surface area contributed by atoms with Crippen molar-refractivity contribution in [1.82, 2.24) is 15.3 Å². The number of H-pyrrole nitrogens is 1. The predicted octanol–water partition coefficient (Wildman–Crippen LogP) is 3.17. The Kier molecular flexibility index (Phi) is 4.57. The fourth-order valence-corrected chi connectivity index (χ4v) is 4.41. The molecule has 0 radical (unpaired) electrons. The number of nitrogens with zero attached hydrogens (tertiary/aromatic N) is 1. The number of methoxy groups -OCH3 is 2. The first-order valence-electron chi connectivity index (χ1n) is 8.26. The van der Waals surface area contributed by atoms with Gasteiger partial charge in [-0.1, -0.05) is 6.07 Å². The normalized spacial score (nSPS) is 19.6. The van der Waals surface area contributed by atoms with Crippen LogP contribution in [0.2, 0.25) is 0 Å². The second kappa shape index (κ2) is 7.01. The summed E-state index contributed by atoms with van der Waals surface area (Å²) in [5, 5.41) is 4.33. The van der Waals surface area contributed by atoms with Crippen molar-refractivity contribution < 1.29 is 14.3 Å². The second-order valence-corrected chi connectivity index (χ2v) is 7.18. The van der Waals surface area contributed by atoms with Crippen molar-refractivity contribution in [3.63, 3.8) is 0 Å². The lowest BCUT2D eigenvalue weighted by Gasteiger charge is -2.12. The Morgan fingerprint density at radius 1 is 1.27 bits per heavy atom. The molecule has 1 saturated heterocycles. The number of ketones is 1. The number of hydrogen-bond acceptors (Lipinski definition) is 6. The highest BCUT2D eigenvalue weighted by Gasteiger charge is 2.32. The first-order chi connectivity index (χ1) is 12.7. The first kappa shape index (κ1) is 16.9. The fourth-order valence-electron chi connectivity index (χ4n) is 3.19. The summed E-state index contributed by atoms with van der Waals surface area (Å²) in [6, 6.07) is 7.38. The molecule has 1 aliphatic rings.